The van der Waals surface area contributed by atoms with E-state index >= 15 is 0 Å². The zero-order valence-corrected chi connectivity index (χ0v) is 12.0. The topological polar surface area (TPSA) is 27.6 Å². The lowest BCUT2D eigenvalue weighted by molar-refractivity contribution is 0.133. The average molecular weight is 296 g/mol. The van der Waals surface area contributed by atoms with Crippen molar-refractivity contribution in [2.45, 2.75) is 24.9 Å². The van der Waals surface area contributed by atoms with Crippen LogP contribution in [0.25, 0.3) is 0 Å². The second-order valence-electron chi connectivity index (χ2n) is 5.57. The Hall–Kier alpha value is -0.770. The number of benzene rings is 1. The highest BCUT2D eigenvalue weighted by atomic mass is 35.5. The van der Waals surface area contributed by atoms with Gasteiger partial charge in [0.1, 0.15) is 0 Å². The third kappa shape index (κ3) is 1.79. The van der Waals surface area contributed by atoms with Gasteiger partial charge < -0.3 is 5.43 Å². The molecule has 0 radical (unpaired) electrons. The van der Waals surface area contributed by atoms with E-state index in [9.17, 15) is 0 Å². The van der Waals surface area contributed by atoms with Gasteiger partial charge in [0.2, 0.25) is 0 Å². The third-order valence-electron chi connectivity index (χ3n) is 4.60. The average Bonchev–Trinajstić information content (AvgIpc) is 2.90. The van der Waals surface area contributed by atoms with E-state index in [0.29, 0.717) is 22.0 Å². The summed E-state index contributed by atoms with van der Waals surface area (Å²) in [5, 5.41) is 5.82. The fraction of sp³-hybridized carbons (Fsp3) is 0.500. The Labute approximate surface area is 122 Å². The first-order chi connectivity index (χ1) is 9.24. The van der Waals surface area contributed by atoms with Gasteiger partial charge in [-0.05, 0) is 43.6 Å². The molecule has 2 unspecified atom stereocenters. The van der Waals surface area contributed by atoms with E-state index in [4.69, 9.17) is 23.2 Å². The van der Waals surface area contributed by atoms with Crippen molar-refractivity contribution in [3.8, 4) is 0 Å². The van der Waals surface area contributed by atoms with Crippen LogP contribution in [-0.2, 0) is 0 Å². The molecule has 3 nitrogen and oxygen atoms in total. The van der Waals surface area contributed by atoms with Gasteiger partial charge in [-0.25, -0.2) is 0 Å². The summed E-state index contributed by atoms with van der Waals surface area (Å²) in [5.74, 6) is 0.676. The summed E-state index contributed by atoms with van der Waals surface area (Å²) in [6, 6.07) is 6.50. The maximum absolute atomic E-state index is 6.14. The van der Waals surface area contributed by atoms with E-state index < -0.39 is 0 Å². The molecular formula is C14H15Cl2N3. The maximum atomic E-state index is 6.14. The number of hydrazone groups is 1. The summed E-state index contributed by atoms with van der Waals surface area (Å²) >= 11 is 12.1. The quantitative estimate of drug-likeness (QED) is 0.862. The summed E-state index contributed by atoms with van der Waals surface area (Å²) in [6.45, 7) is 2.38. The first kappa shape index (κ1) is 12.0. The summed E-state index contributed by atoms with van der Waals surface area (Å²) in [4.78, 5) is 2.55. The zero-order chi connectivity index (χ0) is 13.0. The summed E-state index contributed by atoms with van der Waals surface area (Å²) in [7, 11) is 0. The fourth-order valence-corrected chi connectivity index (χ4v) is 3.92. The van der Waals surface area contributed by atoms with E-state index in [0.717, 1.165) is 0 Å². The predicted molar refractivity (Wildman–Crippen MR) is 77.9 cm³/mol. The molecule has 2 bridgehead atoms. The highest BCUT2D eigenvalue weighted by Gasteiger charge is 2.46. The van der Waals surface area contributed by atoms with Crippen LogP contribution in [0.2, 0.25) is 10.0 Å². The molecule has 4 aliphatic heterocycles. The molecule has 4 heterocycles. The summed E-state index contributed by atoms with van der Waals surface area (Å²) < 4.78 is 0. The number of hydrogen-bond acceptors (Lipinski definition) is 3. The molecule has 100 valence electrons. The van der Waals surface area contributed by atoms with Gasteiger partial charge in [-0.3, -0.25) is 4.90 Å². The van der Waals surface area contributed by atoms with Gasteiger partial charge in [0, 0.05) is 5.92 Å². The predicted octanol–water partition coefficient (Wildman–Crippen LogP) is 3.09. The monoisotopic (exact) mass is 295 g/mol. The van der Waals surface area contributed by atoms with Gasteiger partial charge in [-0.15, -0.1) is 0 Å². The van der Waals surface area contributed by atoms with Crippen molar-refractivity contribution in [1.82, 2.24) is 10.3 Å². The van der Waals surface area contributed by atoms with Crippen molar-refractivity contribution in [2.75, 3.05) is 13.1 Å². The number of hydrogen-bond donors (Lipinski definition) is 1. The molecule has 19 heavy (non-hydrogen) atoms. The van der Waals surface area contributed by atoms with Crippen molar-refractivity contribution >= 4 is 28.9 Å². The molecule has 1 N–H and O–H groups in total. The van der Waals surface area contributed by atoms with Crippen LogP contribution in [-0.4, -0.2) is 29.7 Å². The Morgan fingerprint density at radius 2 is 1.95 bits per heavy atom. The lowest BCUT2D eigenvalue weighted by Crippen LogP contribution is -2.56. The summed E-state index contributed by atoms with van der Waals surface area (Å²) in [6.07, 6.45) is 2.51. The van der Waals surface area contributed by atoms with Crippen molar-refractivity contribution in [3.63, 3.8) is 0 Å². The Bertz CT molecular complexity index is 550. The molecule has 2 atom stereocenters. The second kappa shape index (κ2) is 4.37. The van der Waals surface area contributed by atoms with Crippen LogP contribution < -0.4 is 5.43 Å². The van der Waals surface area contributed by atoms with Crippen LogP contribution in [0.4, 0.5) is 0 Å². The minimum absolute atomic E-state index is 0.216. The van der Waals surface area contributed by atoms with E-state index in [1.165, 1.54) is 37.2 Å². The molecule has 1 aromatic rings. The van der Waals surface area contributed by atoms with Gasteiger partial charge >= 0.3 is 0 Å². The van der Waals surface area contributed by atoms with Crippen molar-refractivity contribution < 1.29 is 0 Å². The molecule has 5 rings (SSSR count). The molecule has 0 aliphatic carbocycles. The van der Waals surface area contributed by atoms with E-state index in [1.54, 1.807) is 0 Å². The molecule has 1 aromatic carbocycles. The van der Waals surface area contributed by atoms with Gasteiger partial charge in [0.25, 0.3) is 0 Å². The molecule has 5 heteroatoms. The lowest BCUT2D eigenvalue weighted by Gasteiger charge is -2.45. The largest absolute Gasteiger partial charge is 0.301 e. The second-order valence-corrected chi connectivity index (χ2v) is 6.39. The van der Waals surface area contributed by atoms with Crippen LogP contribution in [0.5, 0.6) is 0 Å². The van der Waals surface area contributed by atoms with E-state index in [1.807, 2.05) is 18.2 Å². The first-order valence-electron chi connectivity index (χ1n) is 6.76. The molecular weight excluding hydrogens is 281 g/mol. The van der Waals surface area contributed by atoms with Gasteiger partial charge in [-0.2, -0.15) is 5.10 Å². The zero-order valence-electron chi connectivity index (χ0n) is 10.4. The summed E-state index contributed by atoms with van der Waals surface area (Å²) in [5.41, 5.74) is 5.82. The molecule has 0 amide bonds. The normalized spacial score (nSPS) is 35.8. The number of nitrogens with zero attached hydrogens (tertiary/aromatic N) is 2. The Morgan fingerprint density at radius 1 is 1.16 bits per heavy atom. The number of fused-ring (bicyclic) bond motifs is 2. The number of nitrogens with one attached hydrogen (secondary N) is 1. The minimum atomic E-state index is 0.216. The maximum Gasteiger partial charge on any atom is 0.0899 e. The van der Waals surface area contributed by atoms with Crippen LogP contribution in [0.1, 0.15) is 24.4 Å². The van der Waals surface area contributed by atoms with Crippen LogP contribution in [0, 0.1) is 5.92 Å². The van der Waals surface area contributed by atoms with Crippen LogP contribution in [0.3, 0.4) is 0 Å². The van der Waals surface area contributed by atoms with Crippen molar-refractivity contribution in [1.29, 1.82) is 0 Å². The first-order valence-corrected chi connectivity index (χ1v) is 7.51. The highest BCUT2D eigenvalue weighted by molar-refractivity contribution is 6.42. The SMILES string of the molecule is Clc1ccc(C2NN=C3C4CCN(CC4)C32)cc1Cl. The number of halogens is 2. The minimum Gasteiger partial charge on any atom is -0.301 e. The van der Waals surface area contributed by atoms with Gasteiger partial charge in [0.05, 0.1) is 27.8 Å². The lowest BCUT2D eigenvalue weighted by atomic mass is 9.78. The van der Waals surface area contributed by atoms with Crippen LogP contribution in [0.15, 0.2) is 23.3 Å². The van der Waals surface area contributed by atoms with Gasteiger partial charge in [-0.1, -0.05) is 29.3 Å². The molecule has 0 aromatic heterocycles. The third-order valence-corrected chi connectivity index (χ3v) is 5.33. The Balaban J connectivity index is 1.69. The molecule has 0 spiro atoms. The molecule has 3 saturated heterocycles. The van der Waals surface area contributed by atoms with Crippen LogP contribution >= 0.6 is 23.2 Å². The van der Waals surface area contributed by atoms with Crippen molar-refractivity contribution in [2.24, 2.45) is 11.0 Å². The fourth-order valence-electron chi connectivity index (χ4n) is 3.62. The van der Waals surface area contributed by atoms with E-state index in [-0.39, 0.29) is 6.04 Å². The smallest absolute Gasteiger partial charge is 0.0899 e. The molecule has 4 aliphatic rings. The highest BCUT2D eigenvalue weighted by Crippen LogP contribution is 2.39. The van der Waals surface area contributed by atoms with Gasteiger partial charge in [0.15, 0.2) is 0 Å². The van der Waals surface area contributed by atoms with Crippen molar-refractivity contribution in [3.05, 3.63) is 33.8 Å². The molecule has 0 saturated carbocycles. The van der Waals surface area contributed by atoms with E-state index in [2.05, 4.69) is 15.4 Å². The Kier molecular flexibility index (Phi) is 2.76. The standard InChI is InChI=1S/C14H15Cl2N3/c15-10-2-1-9(7-11(10)16)13-14-12(17-18-13)8-3-5-19(14)6-4-8/h1-2,7-8,13-14,18H,3-6H2. The molecule has 3 fully saturated rings. The Morgan fingerprint density at radius 3 is 2.68 bits per heavy atom. The number of piperidine rings is 3. The number of rotatable bonds is 1.